The molecule has 14 atom stereocenters. The molecule has 0 radical (unpaired) electrons. The molecule has 0 amide bonds. The van der Waals surface area contributed by atoms with Gasteiger partial charge in [-0.25, -0.2) is 28.6 Å². The van der Waals surface area contributed by atoms with E-state index in [9.17, 15) is 68.2 Å². The maximum atomic E-state index is 12.2. The van der Waals surface area contributed by atoms with Crippen molar-refractivity contribution in [3.8, 4) is 0 Å². The van der Waals surface area contributed by atoms with Crippen LogP contribution in [0.25, 0.3) is 33.5 Å². The highest BCUT2D eigenvalue weighted by Gasteiger charge is 2.49. The zero-order valence-corrected chi connectivity index (χ0v) is 47.9. The maximum absolute atomic E-state index is 12.2. The number of phosphoric acid groups is 3. The van der Waals surface area contributed by atoms with Crippen LogP contribution in [0.1, 0.15) is 18.7 Å². The summed E-state index contributed by atoms with van der Waals surface area (Å²) in [5.74, 6) is 0.755. The molecule has 3 fully saturated rings. The first-order valence-electron chi connectivity index (χ1n) is 23.0. The van der Waals surface area contributed by atoms with Gasteiger partial charge < -0.3 is 88.8 Å². The first-order chi connectivity index (χ1) is 38.0. The first kappa shape index (κ1) is 64.8. The van der Waals surface area contributed by atoms with Crippen molar-refractivity contribution in [3.63, 3.8) is 0 Å². The van der Waals surface area contributed by atoms with Gasteiger partial charge in [-0.2, -0.15) is 23.6 Å². The summed E-state index contributed by atoms with van der Waals surface area (Å²) in [6.45, 7) is -1.83. The van der Waals surface area contributed by atoms with E-state index in [0.717, 1.165) is 10.9 Å². The Morgan fingerprint density at radius 2 is 0.841 bits per heavy atom. The molecule has 0 saturated carbocycles. The van der Waals surface area contributed by atoms with Gasteiger partial charge >= 0.3 is 29.5 Å². The van der Waals surface area contributed by atoms with Gasteiger partial charge in [-0.15, -0.1) is 0 Å². The summed E-state index contributed by atoms with van der Waals surface area (Å²) in [6, 6.07) is 0. The number of nitrogens with zero attached hydrogens (tertiary/aromatic N) is 12. The molecule has 5 unspecified atom stereocenters. The van der Waals surface area contributed by atoms with Gasteiger partial charge in [0.2, 0.25) is 17.8 Å². The lowest BCUT2D eigenvalue weighted by Gasteiger charge is -2.19. The third-order valence-electron chi connectivity index (χ3n) is 11.8. The van der Waals surface area contributed by atoms with E-state index in [-0.39, 0.29) is 45.4 Å². The molecule has 9 rings (SSSR count). The standard InChI is InChI=1S/C12H16Cl2N5O6P.C12H20N5O14P3.C12H17N5O5/c1-18(2)12-16-9-6(10(22)17-12)15-4-19(9)11-8(21)7(20)5(25-11)3-24-26(13,14)23;1-16(2)12-14-9-6(10(20)15-12)13-4-17(9)11-8(19)7(18)5(29-11)3-28-33(24,25)31-34(26,27)30-32(21,22)23;1-16(2)12-14-9-6(10(21)15-12)13-4-17(9)11-8(20)7(19)5(3-18)22-11/h4-5,7-8,11,20-21H,3H2,1-2H3,(H,16,17,22);4-5,7-8,11,18-19H,3H2,1-2H3,(H,24,25)(H,26,27)(H,14,15,20)(H2,21,22,23);4-5,7-8,11,18-20H,3H2,1-2H3,(H,14,15,21)/t3*5-,7+,8?,11-/m111/s1. The van der Waals surface area contributed by atoms with Crippen molar-refractivity contribution in [2.45, 2.75) is 73.6 Å². The van der Waals surface area contributed by atoms with Crippen molar-refractivity contribution in [1.82, 2.24) is 58.6 Å². The third kappa shape index (κ3) is 14.6. The number of ether oxygens (including phenoxy) is 3. The van der Waals surface area contributed by atoms with Crippen LogP contribution in [0.15, 0.2) is 33.4 Å². The first-order valence-corrected chi connectivity index (χ1v) is 31.0. The second kappa shape index (κ2) is 25.1. The van der Waals surface area contributed by atoms with E-state index in [1.165, 1.54) is 26.7 Å². The van der Waals surface area contributed by atoms with Gasteiger partial charge in [0.1, 0.15) is 54.9 Å². The minimum atomic E-state index is -5.73. The van der Waals surface area contributed by atoms with Crippen molar-refractivity contribution < 1.29 is 105 Å². The molecule has 3 aliphatic rings. The van der Waals surface area contributed by atoms with E-state index in [1.54, 1.807) is 52.1 Å². The lowest BCUT2D eigenvalue weighted by Crippen LogP contribution is -2.33. The second-order valence-electron chi connectivity index (χ2n) is 18.2. The number of aromatic amines is 3. The number of aliphatic hydroxyl groups excluding tert-OH is 7. The predicted molar refractivity (Wildman–Crippen MR) is 277 cm³/mol. The van der Waals surface area contributed by atoms with Crippen molar-refractivity contribution >= 4 is 103 Å². The van der Waals surface area contributed by atoms with Crippen molar-refractivity contribution in [2.24, 2.45) is 0 Å². The number of hydrogen-bond donors (Lipinski definition) is 14. The van der Waals surface area contributed by atoms with E-state index >= 15 is 0 Å². The summed E-state index contributed by atoms with van der Waals surface area (Å²) in [4.78, 5) is 109. The summed E-state index contributed by atoms with van der Waals surface area (Å²) in [6.07, 6.45) is -15.7. The third-order valence-corrected chi connectivity index (χ3v) is 16.6. The van der Waals surface area contributed by atoms with Gasteiger partial charge in [0.15, 0.2) is 52.2 Å². The van der Waals surface area contributed by atoms with Crippen LogP contribution in [-0.2, 0) is 50.1 Å². The molecule has 456 valence electrons. The van der Waals surface area contributed by atoms with Gasteiger partial charge in [0, 0.05) is 42.3 Å². The fourth-order valence-electron chi connectivity index (χ4n) is 7.87. The minimum absolute atomic E-state index is 0.0164. The summed E-state index contributed by atoms with van der Waals surface area (Å²) in [5, 5.41) is 70.1. The molecule has 14 N–H and O–H groups in total. The highest BCUT2D eigenvalue weighted by Crippen LogP contribution is 2.66. The van der Waals surface area contributed by atoms with Gasteiger partial charge in [0.05, 0.1) is 38.8 Å². The number of aromatic nitrogens is 12. The average molecular weight is 1290 g/mol. The second-order valence-corrected chi connectivity index (χ2v) is 26.9. The van der Waals surface area contributed by atoms with Crippen LogP contribution in [0.4, 0.5) is 17.8 Å². The average Bonchev–Trinajstić information content (AvgIpc) is 2.65. The fraction of sp³-hybridized carbons (Fsp3) is 0.583. The Labute approximate surface area is 466 Å². The Morgan fingerprint density at radius 1 is 0.524 bits per heavy atom. The normalized spacial score (nSPS) is 27.2. The van der Waals surface area contributed by atoms with Crippen LogP contribution >= 0.6 is 52.0 Å². The van der Waals surface area contributed by atoms with Gasteiger partial charge in [0.25, 0.3) is 16.7 Å². The zero-order chi connectivity index (χ0) is 60.9. The molecule has 0 spiro atoms. The molecule has 0 aromatic carbocycles. The highest BCUT2D eigenvalue weighted by atomic mass is 35.9. The van der Waals surface area contributed by atoms with Crippen molar-refractivity contribution in [2.75, 3.05) is 76.8 Å². The van der Waals surface area contributed by atoms with Crippen LogP contribution in [0.5, 0.6) is 0 Å². The van der Waals surface area contributed by atoms with Gasteiger partial charge in [-0.3, -0.25) is 52.1 Å². The molecule has 6 aromatic rings. The molecule has 0 aliphatic carbocycles. The number of hydrogen-bond acceptors (Lipinski definition) is 30. The number of H-pyrrole nitrogens is 3. The smallest absolute Gasteiger partial charge is 0.394 e. The zero-order valence-electron chi connectivity index (χ0n) is 42.8. The fourth-order valence-corrected chi connectivity index (χ4v) is 11.6. The SMILES string of the molecule is CN(C)c1nc2c(ncn2[C@@H]2O[C@H](CO)[C@H](O)C2O)c(=O)[nH]1.CN(C)c1nc2c(ncn2[C@@H]2O[C@H](COP(=O)(Cl)Cl)[C@H](O)C2O)c(=O)[nH]1.CN(C)c1nc2c(ncn2[C@@H]2O[C@H](COP(=O)(O)OP(=O)(O)OP(=O)(O)O)[C@H](O)C2O)c(=O)[nH]1. The van der Waals surface area contributed by atoms with Crippen LogP contribution < -0.4 is 31.4 Å². The van der Waals surface area contributed by atoms with E-state index in [0.29, 0.717) is 5.95 Å². The highest BCUT2D eigenvalue weighted by molar-refractivity contribution is 8.05. The Balaban J connectivity index is 0.000000181. The summed E-state index contributed by atoms with van der Waals surface area (Å²) in [5.41, 5.74) is -1.06. The molecule has 82 heavy (non-hydrogen) atoms. The monoisotopic (exact) mass is 1290 g/mol. The molecule has 40 nitrogen and oxygen atoms in total. The molecular formula is C36H53Cl2N15O25P4. The lowest BCUT2D eigenvalue weighted by atomic mass is 10.1. The van der Waals surface area contributed by atoms with Crippen LogP contribution in [-0.4, -0.2) is 231 Å². The largest absolute Gasteiger partial charge is 0.490 e. The molecule has 46 heteroatoms. The quantitative estimate of drug-likeness (QED) is 0.0392. The summed E-state index contributed by atoms with van der Waals surface area (Å²) < 4.78 is 81.7. The number of aliphatic hydroxyl groups is 7. The van der Waals surface area contributed by atoms with Crippen LogP contribution in [0.2, 0.25) is 0 Å². The predicted octanol–water partition coefficient (Wildman–Crippen LogP) is -3.65. The summed E-state index contributed by atoms with van der Waals surface area (Å²) in [7, 11) is -6.74. The molecule has 6 aromatic heterocycles. The van der Waals surface area contributed by atoms with E-state index < -0.39 is 140 Å². The van der Waals surface area contributed by atoms with Crippen LogP contribution in [0, 0.1) is 0 Å². The number of phosphoric ester groups is 1. The molecule has 3 saturated heterocycles. The van der Waals surface area contributed by atoms with E-state index in [4.69, 9.17) is 61.0 Å². The summed E-state index contributed by atoms with van der Waals surface area (Å²) >= 11 is 10.6. The van der Waals surface area contributed by atoms with Crippen molar-refractivity contribution in [1.29, 1.82) is 0 Å². The molecule has 9 heterocycles. The van der Waals surface area contributed by atoms with Crippen LogP contribution in [0.3, 0.4) is 0 Å². The number of fused-ring (bicyclic) bond motifs is 3. The minimum Gasteiger partial charge on any atom is -0.394 e. The molecular weight excluding hydrogens is 1240 g/mol. The number of rotatable bonds is 17. The number of nitrogens with one attached hydrogen (secondary N) is 3. The lowest BCUT2D eigenvalue weighted by molar-refractivity contribution is -0.0511. The Morgan fingerprint density at radius 3 is 1.13 bits per heavy atom. The van der Waals surface area contributed by atoms with E-state index in [1.807, 2.05) is 0 Å². The van der Waals surface area contributed by atoms with E-state index in [2.05, 4.69) is 58.0 Å². The number of imidazole rings is 3. The van der Waals surface area contributed by atoms with Gasteiger partial charge in [-0.1, -0.05) is 0 Å². The van der Waals surface area contributed by atoms with Crippen molar-refractivity contribution in [3.05, 3.63) is 50.0 Å². The molecule has 3 aliphatic heterocycles. The number of anilines is 3. The number of halogens is 2. The Bertz CT molecular complexity index is 3650. The Kier molecular flexibility index (Phi) is 19.8. The Hall–Kier alpha value is -4.77. The topological polar surface area (TPSA) is 556 Å². The molecule has 0 bridgehead atoms. The van der Waals surface area contributed by atoms with Gasteiger partial charge in [-0.05, 0) is 22.5 Å². The maximum Gasteiger partial charge on any atom is 0.490 e.